The van der Waals surface area contributed by atoms with E-state index in [9.17, 15) is 18.0 Å². The molecule has 1 amide bonds. The lowest BCUT2D eigenvalue weighted by Gasteiger charge is -2.18. The molecule has 2 aromatic carbocycles. The van der Waals surface area contributed by atoms with Gasteiger partial charge in [0.15, 0.2) is 6.10 Å². The van der Waals surface area contributed by atoms with Crippen LogP contribution in [0.4, 0.5) is 18.9 Å². The molecule has 0 spiro atoms. The summed E-state index contributed by atoms with van der Waals surface area (Å²) in [4.78, 5) is 12.3. The molecule has 3 nitrogen and oxygen atoms in total. The van der Waals surface area contributed by atoms with Crippen molar-refractivity contribution in [2.45, 2.75) is 39.5 Å². The summed E-state index contributed by atoms with van der Waals surface area (Å²) < 4.78 is 43.4. The van der Waals surface area contributed by atoms with Crippen LogP contribution in [0.25, 0.3) is 0 Å². The number of ether oxygens (including phenoxy) is 1. The maximum absolute atomic E-state index is 12.6. The van der Waals surface area contributed by atoms with Crippen molar-refractivity contribution in [3.8, 4) is 5.75 Å². The van der Waals surface area contributed by atoms with E-state index in [1.165, 1.54) is 12.1 Å². The summed E-state index contributed by atoms with van der Waals surface area (Å²) in [5.74, 6) is 0.188. The lowest BCUT2D eigenvalue weighted by atomic mass is 10.1. The standard InChI is InChI=1S/C19H20F3NO2/c1-4-17(25-16-10-12(2)9-13(3)11-16)18(24)23-15-7-5-14(6-8-15)19(20,21)22/h5-11,17H,4H2,1-3H3,(H,23,24)/t17-/m1/s1. The third-order valence-electron chi connectivity index (χ3n) is 3.62. The molecule has 0 aromatic heterocycles. The maximum Gasteiger partial charge on any atom is 0.416 e. The van der Waals surface area contributed by atoms with Crippen molar-refractivity contribution < 1.29 is 22.7 Å². The van der Waals surface area contributed by atoms with E-state index in [4.69, 9.17) is 4.74 Å². The van der Waals surface area contributed by atoms with Crippen LogP contribution in [-0.4, -0.2) is 12.0 Å². The first kappa shape index (κ1) is 18.8. The first-order chi connectivity index (χ1) is 11.7. The van der Waals surface area contributed by atoms with E-state index >= 15 is 0 Å². The number of hydrogen-bond acceptors (Lipinski definition) is 2. The molecule has 2 rings (SSSR count). The number of halogens is 3. The van der Waals surface area contributed by atoms with Gasteiger partial charge in [-0.3, -0.25) is 4.79 Å². The summed E-state index contributed by atoms with van der Waals surface area (Å²) in [6, 6.07) is 9.98. The quantitative estimate of drug-likeness (QED) is 0.812. The molecule has 0 saturated heterocycles. The summed E-state index contributed by atoms with van der Waals surface area (Å²) in [5, 5.41) is 2.59. The van der Waals surface area contributed by atoms with Crippen LogP contribution in [0.3, 0.4) is 0 Å². The summed E-state index contributed by atoms with van der Waals surface area (Å²) in [5.41, 5.74) is 1.57. The van der Waals surface area contributed by atoms with Crippen molar-refractivity contribution in [1.29, 1.82) is 0 Å². The Morgan fingerprint density at radius 2 is 1.64 bits per heavy atom. The first-order valence-electron chi connectivity index (χ1n) is 7.92. The van der Waals surface area contributed by atoms with E-state index in [0.717, 1.165) is 23.3 Å². The molecule has 0 heterocycles. The van der Waals surface area contributed by atoms with E-state index in [1.54, 1.807) is 6.92 Å². The molecule has 1 N–H and O–H groups in total. The van der Waals surface area contributed by atoms with Gasteiger partial charge in [0.25, 0.3) is 5.91 Å². The highest BCUT2D eigenvalue weighted by atomic mass is 19.4. The highest BCUT2D eigenvalue weighted by Crippen LogP contribution is 2.30. The zero-order valence-corrected chi connectivity index (χ0v) is 14.3. The lowest BCUT2D eigenvalue weighted by Crippen LogP contribution is -2.32. The Morgan fingerprint density at radius 1 is 1.08 bits per heavy atom. The van der Waals surface area contributed by atoms with Crippen LogP contribution >= 0.6 is 0 Å². The minimum absolute atomic E-state index is 0.292. The molecular formula is C19H20F3NO2. The second kappa shape index (κ2) is 7.59. The van der Waals surface area contributed by atoms with Gasteiger partial charge in [-0.2, -0.15) is 13.2 Å². The van der Waals surface area contributed by atoms with Crippen LogP contribution < -0.4 is 10.1 Å². The minimum Gasteiger partial charge on any atom is -0.481 e. The van der Waals surface area contributed by atoms with E-state index in [2.05, 4.69) is 5.32 Å². The van der Waals surface area contributed by atoms with Gasteiger partial charge in [0.2, 0.25) is 0 Å². The molecule has 25 heavy (non-hydrogen) atoms. The Kier molecular flexibility index (Phi) is 5.72. The monoisotopic (exact) mass is 351 g/mol. The maximum atomic E-state index is 12.6. The number of rotatable bonds is 5. The molecule has 0 aliphatic heterocycles. The van der Waals surface area contributed by atoms with E-state index in [1.807, 2.05) is 32.0 Å². The predicted molar refractivity (Wildman–Crippen MR) is 90.7 cm³/mol. The molecular weight excluding hydrogens is 331 g/mol. The van der Waals surface area contributed by atoms with Gasteiger partial charge in [-0.25, -0.2) is 0 Å². The van der Waals surface area contributed by atoms with Crippen LogP contribution in [0, 0.1) is 13.8 Å². The number of carbonyl (C=O) groups excluding carboxylic acids is 1. The molecule has 0 aliphatic carbocycles. The average Bonchev–Trinajstić information content (AvgIpc) is 2.51. The molecule has 1 atom stereocenters. The van der Waals surface area contributed by atoms with Gasteiger partial charge in [-0.1, -0.05) is 13.0 Å². The van der Waals surface area contributed by atoms with Crippen LogP contribution in [0.2, 0.25) is 0 Å². The van der Waals surface area contributed by atoms with Crippen molar-refractivity contribution in [1.82, 2.24) is 0 Å². The fraction of sp³-hybridized carbons (Fsp3) is 0.316. The molecule has 0 fully saturated rings. The van der Waals surface area contributed by atoms with Crippen molar-refractivity contribution in [2.75, 3.05) is 5.32 Å². The Hall–Kier alpha value is -2.50. The Morgan fingerprint density at radius 3 is 2.12 bits per heavy atom. The number of carbonyl (C=O) groups is 1. The van der Waals surface area contributed by atoms with Gasteiger partial charge in [0, 0.05) is 5.69 Å². The molecule has 0 aliphatic rings. The molecule has 134 valence electrons. The van der Waals surface area contributed by atoms with Crippen molar-refractivity contribution >= 4 is 11.6 Å². The number of alkyl halides is 3. The summed E-state index contributed by atoms with van der Waals surface area (Å²) in [6.07, 6.45) is -4.71. The molecule has 0 unspecified atom stereocenters. The average molecular weight is 351 g/mol. The zero-order chi connectivity index (χ0) is 18.6. The van der Waals surface area contributed by atoms with Crippen LogP contribution in [-0.2, 0) is 11.0 Å². The van der Waals surface area contributed by atoms with E-state index in [-0.39, 0.29) is 0 Å². The number of amides is 1. The Bertz CT molecular complexity index is 719. The number of anilines is 1. The van der Waals surface area contributed by atoms with Crippen molar-refractivity contribution in [2.24, 2.45) is 0 Å². The highest BCUT2D eigenvalue weighted by molar-refractivity contribution is 5.94. The fourth-order valence-corrected chi connectivity index (χ4v) is 2.45. The van der Waals surface area contributed by atoms with E-state index in [0.29, 0.717) is 17.9 Å². The molecule has 0 bridgehead atoms. The Balaban J connectivity index is 2.06. The number of hydrogen-bond donors (Lipinski definition) is 1. The summed E-state index contributed by atoms with van der Waals surface area (Å²) in [7, 11) is 0. The topological polar surface area (TPSA) is 38.3 Å². The van der Waals surface area contributed by atoms with Crippen molar-refractivity contribution in [3.05, 3.63) is 59.2 Å². The summed E-state index contributed by atoms with van der Waals surface area (Å²) in [6.45, 7) is 5.67. The van der Waals surface area contributed by atoms with Crippen LogP contribution in [0.5, 0.6) is 5.75 Å². The first-order valence-corrected chi connectivity index (χ1v) is 7.92. The van der Waals surface area contributed by atoms with Crippen LogP contribution in [0.1, 0.15) is 30.0 Å². The van der Waals surface area contributed by atoms with Gasteiger partial charge >= 0.3 is 6.18 Å². The van der Waals surface area contributed by atoms with Gasteiger partial charge in [0.05, 0.1) is 5.56 Å². The Labute approximate surface area is 144 Å². The van der Waals surface area contributed by atoms with Gasteiger partial charge < -0.3 is 10.1 Å². The second-order valence-corrected chi connectivity index (χ2v) is 5.90. The summed E-state index contributed by atoms with van der Waals surface area (Å²) >= 11 is 0. The van der Waals surface area contributed by atoms with Crippen LogP contribution in [0.15, 0.2) is 42.5 Å². The number of nitrogens with one attached hydrogen (secondary N) is 1. The number of aryl methyl sites for hydroxylation is 2. The van der Waals surface area contributed by atoms with E-state index < -0.39 is 23.8 Å². The lowest BCUT2D eigenvalue weighted by molar-refractivity contribution is -0.137. The SMILES string of the molecule is CC[C@@H](Oc1cc(C)cc(C)c1)C(=O)Nc1ccc(C(F)(F)F)cc1. The molecule has 2 aromatic rings. The molecule has 0 radical (unpaired) electrons. The predicted octanol–water partition coefficient (Wildman–Crippen LogP) is 5.12. The van der Waals surface area contributed by atoms with Crippen molar-refractivity contribution in [3.63, 3.8) is 0 Å². The second-order valence-electron chi connectivity index (χ2n) is 5.90. The smallest absolute Gasteiger partial charge is 0.416 e. The third-order valence-corrected chi connectivity index (χ3v) is 3.62. The number of benzene rings is 2. The minimum atomic E-state index is -4.40. The highest BCUT2D eigenvalue weighted by Gasteiger charge is 2.30. The van der Waals surface area contributed by atoms with Gasteiger partial charge in [-0.05, 0) is 67.8 Å². The van der Waals surface area contributed by atoms with Gasteiger partial charge in [-0.15, -0.1) is 0 Å². The molecule has 6 heteroatoms. The normalized spacial score (nSPS) is 12.6. The zero-order valence-electron chi connectivity index (χ0n) is 14.3. The third kappa shape index (κ3) is 5.24. The molecule has 0 saturated carbocycles. The van der Waals surface area contributed by atoms with Gasteiger partial charge in [0.1, 0.15) is 5.75 Å². The largest absolute Gasteiger partial charge is 0.481 e. The fourth-order valence-electron chi connectivity index (χ4n) is 2.45.